The van der Waals surface area contributed by atoms with Gasteiger partial charge in [-0.15, -0.1) is 0 Å². The average Bonchev–Trinajstić information content (AvgIpc) is 2.82. The van der Waals surface area contributed by atoms with Gasteiger partial charge in [0.15, 0.2) is 0 Å². The van der Waals surface area contributed by atoms with Crippen LogP contribution in [0.15, 0.2) is 46.6 Å². The van der Waals surface area contributed by atoms with Crippen LogP contribution >= 0.6 is 15.9 Å². The van der Waals surface area contributed by atoms with Crippen molar-refractivity contribution in [3.63, 3.8) is 0 Å². The first kappa shape index (κ1) is 27.4. The van der Waals surface area contributed by atoms with Crippen LogP contribution in [0.4, 0.5) is 5.82 Å². The molecular weight excluding hydrogens is 522 g/mol. The SMILES string of the molecule is CC(C)(C)c1cc(Br)cc([C@H](CC(=O)O)NC(=O)/C(C=N)=C/NCCc2ccc3c(n2)NCCC3)c1. The fourth-order valence-corrected chi connectivity index (χ4v) is 4.49. The molecule has 3 rings (SSSR count). The monoisotopic (exact) mass is 555 g/mol. The van der Waals surface area contributed by atoms with Gasteiger partial charge < -0.3 is 26.5 Å². The molecule has 1 amide bonds. The van der Waals surface area contributed by atoms with Gasteiger partial charge in [-0.2, -0.15) is 0 Å². The van der Waals surface area contributed by atoms with Crippen LogP contribution in [0, 0.1) is 5.41 Å². The second-order valence-corrected chi connectivity index (χ2v) is 10.9. The van der Waals surface area contributed by atoms with E-state index in [0.717, 1.165) is 47.1 Å². The van der Waals surface area contributed by atoms with Gasteiger partial charge >= 0.3 is 5.97 Å². The molecule has 0 saturated heterocycles. The number of aliphatic carboxylic acids is 1. The van der Waals surface area contributed by atoms with Crippen molar-refractivity contribution in [2.24, 2.45) is 0 Å². The van der Waals surface area contributed by atoms with Gasteiger partial charge in [0.2, 0.25) is 0 Å². The number of hydrogen-bond donors (Lipinski definition) is 5. The molecule has 192 valence electrons. The normalized spacial score (nSPS) is 14.3. The molecule has 9 heteroatoms. The third kappa shape index (κ3) is 7.65. The van der Waals surface area contributed by atoms with Gasteiger partial charge in [-0.05, 0) is 53.1 Å². The van der Waals surface area contributed by atoms with E-state index in [-0.39, 0.29) is 17.4 Å². The minimum Gasteiger partial charge on any atom is -0.481 e. The number of aromatic nitrogens is 1. The zero-order chi connectivity index (χ0) is 26.3. The standard InChI is InChI=1S/C27H34BrN5O3/c1-27(2,3)20-11-18(12-21(28)13-20)23(14-24(34)35)33-26(36)19(15-29)16-30-10-8-22-7-6-17-5-4-9-31-25(17)32-22/h6-7,11-13,15-16,23,29-30H,4-5,8-10,14H2,1-3H3,(H,31,32)(H,33,36)(H,34,35)/b19-16+,29-15?/t23-/m0/s1. The van der Waals surface area contributed by atoms with E-state index in [0.29, 0.717) is 18.5 Å². The number of rotatable bonds is 10. The zero-order valence-corrected chi connectivity index (χ0v) is 22.5. The Kier molecular flexibility index (Phi) is 9.25. The summed E-state index contributed by atoms with van der Waals surface area (Å²) in [5.41, 5.74) is 3.84. The number of carboxylic acid groups (broad SMARTS) is 1. The summed E-state index contributed by atoms with van der Waals surface area (Å²) in [6, 6.07) is 9.10. The molecule has 1 aliphatic heterocycles. The highest BCUT2D eigenvalue weighted by atomic mass is 79.9. The van der Waals surface area contributed by atoms with Gasteiger partial charge in [0.05, 0.1) is 18.0 Å². The van der Waals surface area contributed by atoms with E-state index in [1.807, 2.05) is 24.3 Å². The molecule has 5 N–H and O–H groups in total. The minimum atomic E-state index is -1.02. The lowest BCUT2D eigenvalue weighted by Gasteiger charge is -2.24. The minimum absolute atomic E-state index is 0.108. The molecular formula is C27H34BrN5O3. The van der Waals surface area contributed by atoms with Gasteiger partial charge in [0.25, 0.3) is 5.91 Å². The van der Waals surface area contributed by atoms with Gasteiger partial charge in [0, 0.05) is 42.1 Å². The largest absolute Gasteiger partial charge is 0.481 e. The van der Waals surface area contributed by atoms with Crippen molar-refractivity contribution in [1.29, 1.82) is 5.41 Å². The quantitative estimate of drug-likeness (QED) is 0.167. The number of nitrogens with one attached hydrogen (secondary N) is 4. The Bertz CT molecular complexity index is 1160. The topological polar surface area (TPSA) is 127 Å². The lowest BCUT2D eigenvalue weighted by molar-refractivity contribution is -0.137. The number of carboxylic acids is 1. The molecule has 1 aromatic heterocycles. The summed E-state index contributed by atoms with van der Waals surface area (Å²) >= 11 is 3.50. The first-order valence-electron chi connectivity index (χ1n) is 12.1. The number of amides is 1. The average molecular weight is 557 g/mol. The second-order valence-electron chi connectivity index (χ2n) is 9.94. The van der Waals surface area contributed by atoms with Crippen LogP contribution in [0.3, 0.4) is 0 Å². The second kappa shape index (κ2) is 12.2. The molecule has 0 unspecified atom stereocenters. The molecule has 2 aromatic rings. The molecule has 0 radical (unpaired) electrons. The first-order chi connectivity index (χ1) is 17.1. The molecule has 0 bridgehead atoms. The summed E-state index contributed by atoms with van der Waals surface area (Å²) in [6.07, 6.45) is 4.98. The molecule has 1 atom stereocenters. The molecule has 1 aromatic carbocycles. The third-order valence-corrected chi connectivity index (χ3v) is 6.48. The Balaban J connectivity index is 1.67. The van der Waals surface area contributed by atoms with Crippen molar-refractivity contribution >= 4 is 39.8 Å². The van der Waals surface area contributed by atoms with E-state index in [1.54, 1.807) is 0 Å². The fraction of sp³-hybridized carbons (Fsp3) is 0.407. The number of halogens is 1. The first-order valence-corrected chi connectivity index (χ1v) is 12.9. The Hall–Kier alpha value is -3.20. The molecule has 2 heterocycles. The highest BCUT2D eigenvalue weighted by molar-refractivity contribution is 9.10. The molecule has 1 aliphatic rings. The third-order valence-electron chi connectivity index (χ3n) is 6.03. The van der Waals surface area contributed by atoms with Crippen molar-refractivity contribution in [3.05, 3.63) is 69.0 Å². The van der Waals surface area contributed by atoms with Gasteiger partial charge in [-0.25, -0.2) is 4.98 Å². The lowest BCUT2D eigenvalue weighted by atomic mass is 9.85. The Morgan fingerprint density at radius 1 is 1.28 bits per heavy atom. The number of aryl methyl sites for hydroxylation is 1. The van der Waals surface area contributed by atoms with Crippen LogP contribution in [0.25, 0.3) is 0 Å². The number of benzene rings is 1. The Morgan fingerprint density at radius 3 is 2.75 bits per heavy atom. The zero-order valence-electron chi connectivity index (χ0n) is 21.0. The number of hydrogen-bond acceptors (Lipinski definition) is 6. The van der Waals surface area contributed by atoms with Crippen LogP contribution in [0.5, 0.6) is 0 Å². The van der Waals surface area contributed by atoms with Crippen LogP contribution in [-0.2, 0) is 27.8 Å². The van der Waals surface area contributed by atoms with E-state index in [4.69, 9.17) is 5.41 Å². The number of fused-ring (bicyclic) bond motifs is 1. The summed E-state index contributed by atoms with van der Waals surface area (Å²) in [4.78, 5) is 29.2. The lowest BCUT2D eigenvalue weighted by Crippen LogP contribution is -2.32. The van der Waals surface area contributed by atoms with Crippen LogP contribution in [0.1, 0.15) is 62.0 Å². The van der Waals surface area contributed by atoms with Crippen LogP contribution in [-0.4, -0.2) is 41.3 Å². The molecule has 36 heavy (non-hydrogen) atoms. The van der Waals surface area contributed by atoms with E-state index >= 15 is 0 Å². The van der Waals surface area contributed by atoms with Gasteiger partial charge in [-0.1, -0.05) is 48.8 Å². The summed E-state index contributed by atoms with van der Waals surface area (Å²) < 4.78 is 0.810. The molecule has 8 nitrogen and oxygen atoms in total. The number of carbonyl (C=O) groups excluding carboxylic acids is 1. The maximum absolute atomic E-state index is 12.9. The molecule has 0 fully saturated rings. The van der Waals surface area contributed by atoms with Crippen molar-refractivity contribution < 1.29 is 14.7 Å². The van der Waals surface area contributed by atoms with E-state index in [9.17, 15) is 14.7 Å². The number of anilines is 1. The summed E-state index contributed by atoms with van der Waals surface area (Å²) in [6.45, 7) is 7.68. The Morgan fingerprint density at radius 2 is 2.06 bits per heavy atom. The van der Waals surface area contributed by atoms with Crippen molar-refractivity contribution in [1.82, 2.24) is 15.6 Å². The summed E-state index contributed by atoms with van der Waals surface area (Å²) in [5, 5.41) is 26.4. The van der Waals surface area contributed by atoms with Crippen molar-refractivity contribution in [3.8, 4) is 0 Å². The number of carbonyl (C=O) groups is 2. The fourth-order valence-electron chi connectivity index (χ4n) is 3.98. The van der Waals surface area contributed by atoms with E-state index < -0.39 is 17.9 Å². The number of nitrogens with zero attached hydrogens (tertiary/aromatic N) is 1. The summed E-state index contributed by atoms with van der Waals surface area (Å²) in [5.74, 6) is -0.597. The van der Waals surface area contributed by atoms with Crippen LogP contribution in [0.2, 0.25) is 0 Å². The predicted molar refractivity (Wildman–Crippen MR) is 146 cm³/mol. The van der Waals surface area contributed by atoms with Gasteiger partial charge in [-0.3, -0.25) is 9.59 Å². The smallest absolute Gasteiger partial charge is 0.305 e. The van der Waals surface area contributed by atoms with Gasteiger partial charge in [0.1, 0.15) is 5.82 Å². The molecule has 0 saturated carbocycles. The highest BCUT2D eigenvalue weighted by Gasteiger charge is 2.23. The number of pyridine rings is 1. The predicted octanol–water partition coefficient (Wildman–Crippen LogP) is 4.50. The van der Waals surface area contributed by atoms with Crippen molar-refractivity contribution in [2.75, 3.05) is 18.4 Å². The maximum Gasteiger partial charge on any atom is 0.305 e. The Labute approximate surface area is 220 Å². The van der Waals surface area contributed by atoms with E-state index in [2.05, 4.69) is 63.7 Å². The highest BCUT2D eigenvalue weighted by Crippen LogP contribution is 2.30. The van der Waals surface area contributed by atoms with E-state index in [1.165, 1.54) is 11.8 Å². The van der Waals surface area contributed by atoms with Crippen LogP contribution < -0.4 is 16.0 Å². The van der Waals surface area contributed by atoms with Crippen molar-refractivity contribution in [2.45, 2.75) is 57.9 Å². The maximum atomic E-state index is 12.9. The molecule has 0 spiro atoms. The summed E-state index contributed by atoms with van der Waals surface area (Å²) in [7, 11) is 0. The molecule has 0 aliphatic carbocycles.